The van der Waals surface area contributed by atoms with Crippen LogP contribution in [0.15, 0.2) is 30.0 Å². The number of rotatable bonds is 3. The zero-order valence-electron chi connectivity index (χ0n) is 11.9. The fourth-order valence-corrected chi connectivity index (χ4v) is 3.25. The summed E-state index contributed by atoms with van der Waals surface area (Å²) in [5.74, 6) is 0.872. The van der Waals surface area contributed by atoms with Gasteiger partial charge in [-0.15, -0.1) is 11.3 Å². The van der Waals surface area contributed by atoms with Gasteiger partial charge in [0, 0.05) is 18.9 Å². The second kappa shape index (κ2) is 6.22. The molecule has 1 atom stereocenters. The molecule has 5 nitrogen and oxygen atoms in total. The van der Waals surface area contributed by atoms with Crippen molar-refractivity contribution >= 4 is 17.2 Å². The van der Waals surface area contributed by atoms with Crippen LogP contribution in [0.2, 0.25) is 0 Å². The molecule has 21 heavy (non-hydrogen) atoms. The average molecular weight is 303 g/mol. The Morgan fingerprint density at radius 2 is 2.24 bits per heavy atom. The minimum absolute atomic E-state index is 0.0401. The molecular formula is C15H17N3O2S. The predicted octanol–water partition coefficient (Wildman–Crippen LogP) is 2.53. The maximum Gasteiger partial charge on any atom is 0.265 e. The topological polar surface area (TPSA) is 55.3 Å². The summed E-state index contributed by atoms with van der Waals surface area (Å²) in [6, 6.07) is 3.68. The summed E-state index contributed by atoms with van der Waals surface area (Å²) in [7, 11) is 0. The first-order valence-corrected chi connectivity index (χ1v) is 7.88. The number of carbonyl (C=O) groups excluding carboxylic acids is 1. The SMILES string of the molecule is Cc1ncsc1C(=O)N1CCCC(Oc2ccncc2)C1. The lowest BCUT2D eigenvalue weighted by atomic mass is 10.1. The van der Waals surface area contributed by atoms with Crippen LogP contribution < -0.4 is 4.74 Å². The number of hydrogen-bond donors (Lipinski definition) is 0. The largest absolute Gasteiger partial charge is 0.488 e. The second-order valence-corrected chi connectivity index (χ2v) is 5.94. The Labute approximate surface area is 127 Å². The van der Waals surface area contributed by atoms with Crippen molar-refractivity contribution in [3.05, 3.63) is 40.6 Å². The van der Waals surface area contributed by atoms with E-state index in [2.05, 4.69) is 9.97 Å². The van der Waals surface area contributed by atoms with E-state index in [1.54, 1.807) is 17.9 Å². The summed E-state index contributed by atoms with van der Waals surface area (Å²) in [6.45, 7) is 3.28. The molecule has 2 aromatic rings. The summed E-state index contributed by atoms with van der Waals surface area (Å²) >= 11 is 1.41. The van der Waals surface area contributed by atoms with Gasteiger partial charge in [0.25, 0.3) is 5.91 Å². The Bertz CT molecular complexity index is 614. The van der Waals surface area contributed by atoms with Crippen LogP contribution in [0.1, 0.15) is 28.2 Å². The van der Waals surface area contributed by atoms with Crippen LogP contribution in [0.25, 0.3) is 0 Å². The van der Waals surface area contributed by atoms with Crippen molar-refractivity contribution in [2.24, 2.45) is 0 Å². The summed E-state index contributed by atoms with van der Waals surface area (Å²) < 4.78 is 5.94. The van der Waals surface area contributed by atoms with E-state index in [0.717, 1.165) is 35.7 Å². The number of aryl methyl sites for hydroxylation is 1. The molecule has 1 aliphatic rings. The molecule has 0 spiro atoms. The minimum Gasteiger partial charge on any atom is -0.488 e. The van der Waals surface area contributed by atoms with E-state index >= 15 is 0 Å². The Morgan fingerprint density at radius 3 is 2.95 bits per heavy atom. The van der Waals surface area contributed by atoms with Crippen LogP contribution in [-0.2, 0) is 0 Å². The first kappa shape index (κ1) is 14.0. The van der Waals surface area contributed by atoms with Crippen molar-refractivity contribution in [3.8, 4) is 5.75 Å². The number of aromatic nitrogens is 2. The number of pyridine rings is 1. The van der Waals surface area contributed by atoms with Crippen LogP contribution in [0, 0.1) is 6.92 Å². The van der Waals surface area contributed by atoms with Crippen molar-refractivity contribution in [1.29, 1.82) is 0 Å². The molecule has 1 saturated heterocycles. The van der Waals surface area contributed by atoms with Gasteiger partial charge in [0.2, 0.25) is 0 Å². The molecule has 0 saturated carbocycles. The molecule has 6 heteroatoms. The number of piperidine rings is 1. The van der Waals surface area contributed by atoms with Crippen molar-refractivity contribution < 1.29 is 9.53 Å². The van der Waals surface area contributed by atoms with Crippen LogP contribution in [0.4, 0.5) is 0 Å². The first-order chi connectivity index (χ1) is 10.2. The van der Waals surface area contributed by atoms with Crippen molar-refractivity contribution in [2.75, 3.05) is 13.1 Å². The van der Waals surface area contributed by atoms with Crippen LogP contribution in [0.3, 0.4) is 0 Å². The lowest BCUT2D eigenvalue weighted by molar-refractivity contribution is 0.0541. The van der Waals surface area contributed by atoms with Crippen LogP contribution >= 0.6 is 11.3 Å². The van der Waals surface area contributed by atoms with E-state index in [4.69, 9.17) is 4.74 Å². The second-order valence-electron chi connectivity index (χ2n) is 5.08. The molecule has 0 bridgehead atoms. The van der Waals surface area contributed by atoms with E-state index < -0.39 is 0 Å². The molecule has 3 rings (SSSR count). The van der Waals surface area contributed by atoms with Crippen molar-refractivity contribution in [1.82, 2.24) is 14.9 Å². The summed E-state index contributed by atoms with van der Waals surface area (Å²) in [4.78, 5) is 23.2. The zero-order valence-corrected chi connectivity index (χ0v) is 12.7. The highest BCUT2D eigenvalue weighted by Crippen LogP contribution is 2.21. The van der Waals surface area contributed by atoms with Gasteiger partial charge in [0.15, 0.2) is 0 Å². The average Bonchev–Trinajstić information content (AvgIpc) is 2.94. The Hall–Kier alpha value is -1.95. The fraction of sp³-hybridized carbons (Fsp3) is 0.400. The van der Waals surface area contributed by atoms with E-state index in [9.17, 15) is 4.79 Å². The molecule has 1 fully saturated rings. The lowest BCUT2D eigenvalue weighted by Gasteiger charge is -2.32. The molecule has 1 aliphatic heterocycles. The van der Waals surface area contributed by atoms with Gasteiger partial charge in [-0.1, -0.05) is 0 Å². The Kier molecular flexibility index (Phi) is 4.15. The van der Waals surface area contributed by atoms with Gasteiger partial charge in [0.05, 0.1) is 17.7 Å². The Balaban J connectivity index is 1.66. The molecule has 3 heterocycles. The molecule has 0 aliphatic carbocycles. The monoisotopic (exact) mass is 303 g/mol. The smallest absolute Gasteiger partial charge is 0.265 e. The van der Waals surface area contributed by atoms with Gasteiger partial charge < -0.3 is 9.64 Å². The van der Waals surface area contributed by atoms with Gasteiger partial charge in [-0.05, 0) is 31.9 Å². The van der Waals surface area contributed by atoms with E-state index in [1.165, 1.54) is 11.3 Å². The molecule has 2 aromatic heterocycles. The van der Waals surface area contributed by atoms with Crippen LogP contribution in [0.5, 0.6) is 5.75 Å². The molecule has 0 N–H and O–H groups in total. The summed E-state index contributed by atoms with van der Waals surface area (Å²) in [6.07, 6.45) is 5.38. The lowest BCUT2D eigenvalue weighted by Crippen LogP contribution is -2.44. The number of amides is 1. The number of ether oxygens (including phenoxy) is 1. The first-order valence-electron chi connectivity index (χ1n) is 7.00. The molecular weight excluding hydrogens is 286 g/mol. The number of likely N-dealkylation sites (tertiary alicyclic amines) is 1. The van der Waals surface area contributed by atoms with E-state index in [1.807, 2.05) is 24.0 Å². The highest BCUT2D eigenvalue weighted by Gasteiger charge is 2.27. The quantitative estimate of drug-likeness (QED) is 0.874. The van der Waals surface area contributed by atoms with E-state index in [-0.39, 0.29) is 12.0 Å². The predicted molar refractivity (Wildman–Crippen MR) is 80.6 cm³/mol. The van der Waals surface area contributed by atoms with Crippen molar-refractivity contribution in [2.45, 2.75) is 25.9 Å². The number of hydrogen-bond acceptors (Lipinski definition) is 5. The highest BCUT2D eigenvalue weighted by molar-refractivity contribution is 7.11. The maximum absolute atomic E-state index is 12.5. The fourth-order valence-electron chi connectivity index (χ4n) is 2.48. The molecule has 0 aromatic carbocycles. The standard InChI is InChI=1S/C15H17N3O2S/c1-11-14(21-10-17-11)15(19)18-8-2-3-13(9-18)20-12-4-6-16-7-5-12/h4-7,10,13H,2-3,8-9H2,1H3. The highest BCUT2D eigenvalue weighted by atomic mass is 32.1. The summed E-state index contributed by atoms with van der Waals surface area (Å²) in [5.41, 5.74) is 2.53. The molecule has 1 unspecified atom stereocenters. The van der Waals surface area contributed by atoms with Gasteiger partial charge in [-0.25, -0.2) is 4.98 Å². The van der Waals surface area contributed by atoms with E-state index in [0.29, 0.717) is 6.54 Å². The molecule has 1 amide bonds. The van der Waals surface area contributed by atoms with Crippen molar-refractivity contribution in [3.63, 3.8) is 0 Å². The van der Waals surface area contributed by atoms with Gasteiger partial charge in [0.1, 0.15) is 16.7 Å². The normalized spacial score (nSPS) is 18.5. The van der Waals surface area contributed by atoms with Crippen LogP contribution in [-0.4, -0.2) is 40.0 Å². The summed E-state index contributed by atoms with van der Waals surface area (Å²) in [5, 5.41) is 0. The number of carbonyl (C=O) groups is 1. The molecule has 110 valence electrons. The number of nitrogens with zero attached hydrogens (tertiary/aromatic N) is 3. The van der Waals surface area contributed by atoms with Gasteiger partial charge >= 0.3 is 0 Å². The third kappa shape index (κ3) is 3.21. The van der Waals surface area contributed by atoms with Gasteiger partial charge in [-0.2, -0.15) is 0 Å². The third-order valence-corrected chi connectivity index (χ3v) is 4.47. The Morgan fingerprint density at radius 1 is 1.43 bits per heavy atom. The number of thiazole rings is 1. The maximum atomic E-state index is 12.5. The zero-order chi connectivity index (χ0) is 14.7. The minimum atomic E-state index is 0.0401. The third-order valence-electron chi connectivity index (χ3n) is 3.56. The van der Waals surface area contributed by atoms with Gasteiger partial charge in [-0.3, -0.25) is 9.78 Å². The molecule has 0 radical (unpaired) electrons.